The molecule has 0 spiro atoms. The summed E-state index contributed by atoms with van der Waals surface area (Å²) in [5, 5.41) is 0. The van der Waals surface area contributed by atoms with Crippen LogP contribution in [0.1, 0.15) is 26.7 Å². The van der Waals surface area contributed by atoms with Gasteiger partial charge in [0.15, 0.2) is 0 Å². The van der Waals surface area contributed by atoms with Crippen LogP contribution in [0.2, 0.25) is 0 Å². The van der Waals surface area contributed by atoms with Crippen LogP contribution in [0.5, 0.6) is 0 Å². The predicted molar refractivity (Wildman–Crippen MR) is 78.7 cm³/mol. The predicted octanol–water partition coefficient (Wildman–Crippen LogP) is 1.81. The highest BCUT2D eigenvalue weighted by Crippen LogP contribution is 2.30. The third kappa shape index (κ3) is 5.10. The average molecular weight is 276 g/mol. The molecule has 1 fully saturated rings. The summed E-state index contributed by atoms with van der Waals surface area (Å²) in [6.45, 7) is 6.20. The Labute approximate surface area is 113 Å². The molecular formula is C12H24N2OS2. The Morgan fingerprint density at radius 2 is 2.24 bits per heavy atom. The lowest BCUT2D eigenvalue weighted by atomic mass is 10.1. The van der Waals surface area contributed by atoms with Gasteiger partial charge in [0.25, 0.3) is 0 Å². The quantitative estimate of drug-likeness (QED) is 0.851. The van der Waals surface area contributed by atoms with Crippen LogP contribution in [-0.4, -0.2) is 52.4 Å². The SMILES string of the molecule is CSCC[C@H](N)C(=O)N1CCSC(C)(C)CC1. The number of rotatable bonds is 4. The molecule has 100 valence electrons. The van der Waals surface area contributed by atoms with Crippen molar-refractivity contribution >= 4 is 29.4 Å². The molecule has 0 aromatic rings. The fraction of sp³-hybridized carbons (Fsp3) is 0.917. The molecule has 0 aromatic carbocycles. The smallest absolute Gasteiger partial charge is 0.239 e. The number of nitrogens with two attached hydrogens (primary N) is 1. The Morgan fingerprint density at radius 1 is 1.53 bits per heavy atom. The molecule has 1 saturated heterocycles. The van der Waals surface area contributed by atoms with E-state index in [9.17, 15) is 4.79 Å². The first-order chi connectivity index (χ1) is 7.96. The van der Waals surface area contributed by atoms with Crippen LogP contribution in [0, 0.1) is 0 Å². The van der Waals surface area contributed by atoms with E-state index in [0.29, 0.717) is 4.75 Å². The molecular weight excluding hydrogens is 252 g/mol. The Balaban J connectivity index is 2.46. The van der Waals surface area contributed by atoms with Crippen LogP contribution in [-0.2, 0) is 4.79 Å². The van der Waals surface area contributed by atoms with Gasteiger partial charge in [0.2, 0.25) is 5.91 Å². The maximum atomic E-state index is 12.2. The third-order valence-electron chi connectivity index (χ3n) is 3.10. The van der Waals surface area contributed by atoms with Gasteiger partial charge in [0.05, 0.1) is 6.04 Å². The van der Waals surface area contributed by atoms with E-state index >= 15 is 0 Å². The molecule has 0 aliphatic carbocycles. The second-order valence-corrected chi connectivity index (χ2v) is 7.86. The average Bonchev–Trinajstić information content (AvgIpc) is 2.46. The maximum Gasteiger partial charge on any atom is 0.239 e. The molecule has 5 heteroatoms. The molecule has 3 nitrogen and oxygen atoms in total. The molecule has 0 radical (unpaired) electrons. The summed E-state index contributed by atoms with van der Waals surface area (Å²) in [5.41, 5.74) is 5.94. The van der Waals surface area contributed by atoms with E-state index in [1.165, 1.54) is 0 Å². The second kappa shape index (κ2) is 6.90. The Bertz CT molecular complexity index is 259. The molecule has 1 amide bonds. The first-order valence-corrected chi connectivity index (χ1v) is 8.51. The van der Waals surface area contributed by atoms with Crippen molar-refractivity contribution in [3.05, 3.63) is 0 Å². The van der Waals surface area contributed by atoms with Gasteiger partial charge < -0.3 is 10.6 Å². The first kappa shape index (κ1) is 15.2. The molecule has 0 unspecified atom stereocenters. The van der Waals surface area contributed by atoms with Gasteiger partial charge >= 0.3 is 0 Å². The van der Waals surface area contributed by atoms with Crippen molar-refractivity contribution in [3.63, 3.8) is 0 Å². The van der Waals surface area contributed by atoms with E-state index < -0.39 is 0 Å². The third-order valence-corrected chi connectivity index (χ3v) is 5.12. The summed E-state index contributed by atoms with van der Waals surface area (Å²) < 4.78 is 0.290. The van der Waals surface area contributed by atoms with Gasteiger partial charge in [-0.1, -0.05) is 13.8 Å². The lowest BCUT2D eigenvalue weighted by Gasteiger charge is -2.25. The minimum atomic E-state index is -0.311. The van der Waals surface area contributed by atoms with Crippen molar-refractivity contribution in [1.29, 1.82) is 0 Å². The van der Waals surface area contributed by atoms with E-state index in [4.69, 9.17) is 5.73 Å². The number of amides is 1. The van der Waals surface area contributed by atoms with E-state index in [-0.39, 0.29) is 11.9 Å². The van der Waals surface area contributed by atoms with Crippen molar-refractivity contribution in [1.82, 2.24) is 4.90 Å². The van der Waals surface area contributed by atoms with Crippen molar-refractivity contribution < 1.29 is 4.79 Å². The number of nitrogens with zero attached hydrogens (tertiary/aromatic N) is 1. The highest BCUT2D eigenvalue weighted by Gasteiger charge is 2.27. The summed E-state index contributed by atoms with van der Waals surface area (Å²) in [6, 6.07) is -0.311. The highest BCUT2D eigenvalue weighted by atomic mass is 32.2. The van der Waals surface area contributed by atoms with E-state index in [1.54, 1.807) is 11.8 Å². The standard InChI is InChI=1S/C12H24N2OS2/c1-12(2)5-6-14(7-9-17-12)11(15)10(13)4-8-16-3/h10H,4-9,13H2,1-3H3/t10-/m0/s1. The van der Waals surface area contributed by atoms with Gasteiger partial charge in [-0.3, -0.25) is 4.79 Å². The monoisotopic (exact) mass is 276 g/mol. The Kier molecular flexibility index (Phi) is 6.17. The molecule has 0 bridgehead atoms. The number of thioether (sulfide) groups is 2. The Morgan fingerprint density at radius 3 is 2.88 bits per heavy atom. The van der Waals surface area contributed by atoms with Crippen molar-refractivity contribution in [2.75, 3.05) is 30.9 Å². The topological polar surface area (TPSA) is 46.3 Å². The first-order valence-electron chi connectivity index (χ1n) is 6.13. The summed E-state index contributed by atoms with van der Waals surface area (Å²) in [5.74, 6) is 2.12. The number of hydrogen-bond acceptors (Lipinski definition) is 4. The fourth-order valence-electron chi connectivity index (χ4n) is 1.84. The minimum absolute atomic E-state index is 0.136. The minimum Gasteiger partial charge on any atom is -0.340 e. The lowest BCUT2D eigenvalue weighted by molar-refractivity contribution is -0.132. The molecule has 1 rings (SSSR count). The highest BCUT2D eigenvalue weighted by molar-refractivity contribution is 8.00. The fourth-order valence-corrected chi connectivity index (χ4v) is 3.43. The van der Waals surface area contributed by atoms with Crippen molar-refractivity contribution in [2.45, 2.75) is 37.5 Å². The molecule has 1 aliphatic heterocycles. The van der Waals surface area contributed by atoms with Gasteiger partial charge in [-0.05, 0) is 24.9 Å². The van der Waals surface area contributed by atoms with Crippen LogP contribution in [0.3, 0.4) is 0 Å². The van der Waals surface area contributed by atoms with E-state index in [1.807, 2.05) is 22.9 Å². The zero-order chi connectivity index (χ0) is 12.9. The lowest BCUT2D eigenvalue weighted by Crippen LogP contribution is -2.45. The summed E-state index contributed by atoms with van der Waals surface area (Å²) in [7, 11) is 0. The largest absolute Gasteiger partial charge is 0.340 e. The van der Waals surface area contributed by atoms with Crippen molar-refractivity contribution in [3.8, 4) is 0 Å². The van der Waals surface area contributed by atoms with Gasteiger partial charge in [-0.25, -0.2) is 0 Å². The summed E-state index contributed by atoms with van der Waals surface area (Å²) in [6.07, 6.45) is 3.88. The van der Waals surface area contributed by atoms with Crippen LogP contribution in [0.15, 0.2) is 0 Å². The van der Waals surface area contributed by atoms with Gasteiger partial charge in [-0.15, -0.1) is 0 Å². The van der Waals surface area contributed by atoms with Crippen LogP contribution >= 0.6 is 23.5 Å². The summed E-state index contributed by atoms with van der Waals surface area (Å²) in [4.78, 5) is 14.1. The molecule has 1 atom stereocenters. The zero-order valence-corrected chi connectivity index (χ0v) is 12.7. The van der Waals surface area contributed by atoms with Crippen LogP contribution in [0.25, 0.3) is 0 Å². The van der Waals surface area contributed by atoms with Crippen LogP contribution in [0.4, 0.5) is 0 Å². The van der Waals surface area contributed by atoms with E-state index in [0.717, 1.165) is 37.4 Å². The summed E-state index contributed by atoms with van der Waals surface area (Å²) >= 11 is 3.70. The molecule has 0 saturated carbocycles. The van der Waals surface area contributed by atoms with Crippen molar-refractivity contribution in [2.24, 2.45) is 5.73 Å². The molecule has 0 aromatic heterocycles. The maximum absolute atomic E-state index is 12.2. The molecule has 17 heavy (non-hydrogen) atoms. The zero-order valence-electron chi connectivity index (χ0n) is 11.1. The van der Waals surface area contributed by atoms with Crippen LogP contribution < -0.4 is 5.73 Å². The molecule has 1 aliphatic rings. The molecule has 1 heterocycles. The normalized spacial score (nSPS) is 22.0. The van der Waals surface area contributed by atoms with Gasteiger partial charge in [0.1, 0.15) is 0 Å². The Hall–Kier alpha value is 0.130. The number of carbonyl (C=O) groups is 1. The molecule has 2 N–H and O–H groups in total. The number of hydrogen-bond donors (Lipinski definition) is 1. The number of carbonyl (C=O) groups excluding carboxylic acids is 1. The second-order valence-electron chi connectivity index (χ2n) is 5.07. The van der Waals surface area contributed by atoms with Gasteiger partial charge in [0, 0.05) is 23.6 Å². The van der Waals surface area contributed by atoms with E-state index in [2.05, 4.69) is 13.8 Å². The van der Waals surface area contributed by atoms with Gasteiger partial charge in [-0.2, -0.15) is 23.5 Å².